The highest BCUT2D eigenvalue weighted by Gasteiger charge is 2.39. The normalized spacial score (nSPS) is 27.6. The molecule has 0 aromatic rings. The van der Waals surface area contributed by atoms with E-state index in [0.29, 0.717) is 12.6 Å². The molecule has 0 aromatic carbocycles. The molecule has 2 aliphatic rings. The Kier molecular flexibility index (Phi) is 5.60. The van der Waals surface area contributed by atoms with Gasteiger partial charge in [-0.1, -0.05) is 25.7 Å². The molecule has 1 saturated heterocycles. The van der Waals surface area contributed by atoms with Crippen molar-refractivity contribution in [3.63, 3.8) is 0 Å². The number of nitriles is 1. The fraction of sp³-hybridized carbons (Fsp3) is 0.875. The highest BCUT2D eigenvalue weighted by Crippen LogP contribution is 2.34. The van der Waals surface area contributed by atoms with E-state index in [9.17, 15) is 10.1 Å². The van der Waals surface area contributed by atoms with Crippen molar-refractivity contribution in [1.82, 2.24) is 15.1 Å². The van der Waals surface area contributed by atoms with Crippen molar-refractivity contribution in [3.05, 3.63) is 0 Å². The van der Waals surface area contributed by atoms with Crippen molar-refractivity contribution in [3.8, 4) is 6.07 Å². The molecule has 0 radical (unpaired) electrons. The van der Waals surface area contributed by atoms with Gasteiger partial charge in [0, 0.05) is 32.2 Å². The second-order valence-electron chi connectivity index (χ2n) is 6.71. The van der Waals surface area contributed by atoms with Crippen LogP contribution in [0.4, 0.5) is 0 Å². The maximum atomic E-state index is 12.6. The second kappa shape index (κ2) is 7.24. The third-order valence-corrected chi connectivity index (χ3v) is 5.08. The molecule has 0 spiro atoms. The summed E-state index contributed by atoms with van der Waals surface area (Å²) < 4.78 is 0. The van der Waals surface area contributed by atoms with E-state index in [2.05, 4.69) is 35.3 Å². The molecule has 0 bridgehead atoms. The van der Waals surface area contributed by atoms with Gasteiger partial charge < -0.3 is 10.2 Å². The van der Waals surface area contributed by atoms with Gasteiger partial charge >= 0.3 is 0 Å². The van der Waals surface area contributed by atoms with Crippen LogP contribution in [-0.4, -0.2) is 62.0 Å². The molecule has 5 heteroatoms. The van der Waals surface area contributed by atoms with Crippen LogP contribution < -0.4 is 5.32 Å². The Morgan fingerprint density at radius 2 is 1.90 bits per heavy atom. The van der Waals surface area contributed by atoms with Crippen molar-refractivity contribution in [2.45, 2.75) is 44.6 Å². The Morgan fingerprint density at radius 1 is 1.24 bits per heavy atom. The molecule has 1 aliphatic carbocycles. The number of carbonyl (C=O) groups excluding carboxylic acids is 1. The van der Waals surface area contributed by atoms with E-state index in [-0.39, 0.29) is 5.91 Å². The number of hydrogen-bond acceptors (Lipinski definition) is 4. The van der Waals surface area contributed by atoms with Gasteiger partial charge in [0.15, 0.2) is 0 Å². The molecule has 1 unspecified atom stereocenters. The van der Waals surface area contributed by atoms with Crippen molar-refractivity contribution in [2.75, 3.05) is 40.3 Å². The van der Waals surface area contributed by atoms with Crippen LogP contribution in [0.2, 0.25) is 0 Å². The summed E-state index contributed by atoms with van der Waals surface area (Å²) in [4.78, 5) is 17.2. The van der Waals surface area contributed by atoms with E-state index in [0.717, 1.165) is 58.2 Å². The number of amides is 1. The summed E-state index contributed by atoms with van der Waals surface area (Å²) in [5.74, 6) is -0.0477. The van der Waals surface area contributed by atoms with Crippen LogP contribution in [0.3, 0.4) is 0 Å². The lowest BCUT2D eigenvalue weighted by Crippen LogP contribution is -2.55. The van der Waals surface area contributed by atoms with Crippen LogP contribution in [0.1, 0.15) is 38.5 Å². The zero-order valence-corrected chi connectivity index (χ0v) is 13.4. The smallest absolute Gasteiger partial charge is 0.240 e. The summed E-state index contributed by atoms with van der Waals surface area (Å²) in [6.45, 7) is 3.71. The molecule has 1 amide bonds. The topological polar surface area (TPSA) is 59.4 Å². The lowest BCUT2D eigenvalue weighted by atomic mass is 9.81. The molecule has 1 N–H and O–H groups in total. The molecular formula is C16H28N4O. The Labute approximate surface area is 128 Å². The standard InChI is InChI=1S/C16H28N4O/c1-19-9-10-20(2)14(12-19)11-18-15(21)16(13-17)7-5-3-4-6-8-16/h14H,3-12H2,1-2H3,(H,18,21). The summed E-state index contributed by atoms with van der Waals surface area (Å²) in [7, 11) is 4.22. The van der Waals surface area contributed by atoms with Gasteiger partial charge in [0.25, 0.3) is 0 Å². The first kappa shape index (κ1) is 16.3. The number of hydrogen-bond donors (Lipinski definition) is 1. The van der Waals surface area contributed by atoms with Crippen LogP contribution in [0.25, 0.3) is 0 Å². The van der Waals surface area contributed by atoms with Gasteiger partial charge in [-0.3, -0.25) is 9.69 Å². The molecule has 0 aromatic heterocycles. The fourth-order valence-corrected chi connectivity index (χ4v) is 3.42. The molecule has 1 atom stereocenters. The van der Waals surface area contributed by atoms with Gasteiger partial charge in [-0.2, -0.15) is 5.26 Å². The maximum Gasteiger partial charge on any atom is 0.240 e. The molecular weight excluding hydrogens is 264 g/mol. The van der Waals surface area contributed by atoms with Crippen molar-refractivity contribution in [2.24, 2.45) is 5.41 Å². The third-order valence-electron chi connectivity index (χ3n) is 5.08. The van der Waals surface area contributed by atoms with Crippen LogP contribution >= 0.6 is 0 Å². The van der Waals surface area contributed by atoms with Gasteiger partial charge in [0.05, 0.1) is 6.07 Å². The number of carbonyl (C=O) groups is 1. The van der Waals surface area contributed by atoms with E-state index in [1.807, 2.05) is 0 Å². The Balaban J connectivity index is 1.92. The zero-order valence-electron chi connectivity index (χ0n) is 13.4. The predicted octanol–water partition coefficient (Wildman–Crippen LogP) is 1.21. The number of piperazine rings is 1. The summed E-state index contributed by atoms with van der Waals surface area (Å²) >= 11 is 0. The molecule has 2 rings (SSSR count). The molecule has 118 valence electrons. The second-order valence-corrected chi connectivity index (χ2v) is 6.71. The summed E-state index contributed by atoms with van der Waals surface area (Å²) in [6, 6.07) is 2.67. The van der Waals surface area contributed by atoms with Crippen LogP contribution in [0.15, 0.2) is 0 Å². The minimum Gasteiger partial charge on any atom is -0.353 e. The highest BCUT2D eigenvalue weighted by atomic mass is 16.2. The van der Waals surface area contributed by atoms with Gasteiger partial charge in [0.2, 0.25) is 5.91 Å². The van der Waals surface area contributed by atoms with Gasteiger partial charge in [-0.25, -0.2) is 0 Å². The SMILES string of the molecule is CN1CCN(C)C(CNC(=O)C2(C#N)CCCCCC2)C1. The first-order chi connectivity index (χ1) is 10.1. The predicted molar refractivity (Wildman–Crippen MR) is 82.7 cm³/mol. The van der Waals surface area contributed by atoms with Crippen LogP contribution in [0.5, 0.6) is 0 Å². The number of nitrogens with one attached hydrogen (secondary N) is 1. The van der Waals surface area contributed by atoms with E-state index in [1.165, 1.54) is 0 Å². The third kappa shape index (κ3) is 3.96. The van der Waals surface area contributed by atoms with Gasteiger partial charge in [-0.05, 0) is 26.9 Å². The average Bonchev–Trinajstić information content (AvgIpc) is 2.74. The van der Waals surface area contributed by atoms with Crippen molar-refractivity contribution < 1.29 is 4.79 Å². The minimum atomic E-state index is -0.782. The molecule has 1 saturated carbocycles. The summed E-state index contributed by atoms with van der Waals surface area (Å²) in [5, 5.41) is 12.6. The van der Waals surface area contributed by atoms with Crippen molar-refractivity contribution >= 4 is 5.91 Å². The molecule has 5 nitrogen and oxygen atoms in total. The average molecular weight is 292 g/mol. The number of rotatable bonds is 3. The molecule has 21 heavy (non-hydrogen) atoms. The molecule has 1 aliphatic heterocycles. The highest BCUT2D eigenvalue weighted by molar-refractivity contribution is 5.85. The van der Waals surface area contributed by atoms with Crippen molar-refractivity contribution in [1.29, 1.82) is 5.26 Å². The van der Waals surface area contributed by atoms with E-state index < -0.39 is 5.41 Å². The Bertz CT molecular complexity index is 396. The van der Waals surface area contributed by atoms with Crippen LogP contribution in [-0.2, 0) is 4.79 Å². The number of likely N-dealkylation sites (N-methyl/N-ethyl adjacent to an activating group) is 2. The van der Waals surface area contributed by atoms with E-state index >= 15 is 0 Å². The first-order valence-corrected chi connectivity index (χ1v) is 8.16. The fourth-order valence-electron chi connectivity index (χ4n) is 3.42. The van der Waals surface area contributed by atoms with Crippen LogP contribution in [0, 0.1) is 16.7 Å². The molecule has 1 heterocycles. The maximum absolute atomic E-state index is 12.6. The van der Waals surface area contributed by atoms with E-state index in [1.54, 1.807) is 0 Å². The van der Waals surface area contributed by atoms with Gasteiger partial charge in [-0.15, -0.1) is 0 Å². The summed E-state index contributed by atoms with van der Waals surface area (Å²) in [5.41, 5.74) is -0.782. The Morgan fingerprint density at radius 3 is 2.52 bits per heavy atom. The Hall–Kier alpha value is -1.12. The monoisotopic (exact) mass is 292 g/mol. The zero-order chi connectivity index (χ0) is 15.3. The quantitative estimate of drug-likeness (QED) is 0.794. The molecule has 2 fully saturated rings. The van der Waals surface area contributed by atoms with E-state index in [4.69, 9.17) is 0 Å². The van der Waals surface area contributed by atoms with Gasteiger partial charge in [0.1, 0.15) is 5.41 Å². The first-order valence-electron chi connectivity index (χ1n) is 8.16. The number of nitrogens with zero attached hydrogens (tertiary/aromatic N) is 3. The lowest BCUT2D eigenvalue weighted by molar-refractivity contribution is -0.129. The lowest BCUT2D eigenvalue weighted by Gasteiger charge is -2.38. The largest absolute Gasteiger partial charge is 0.353 e. The minimum absolute atomic E-state index is 0.0477. The summed E-state index contributed by atoms with van der Waals surface area (Å²) in [6.07, 6.45) is 5.71.